The topological polar surface area (TPSA) is 77.5 Å². The summed E-state index contributed by atoms with van der Waals surface area (Å²) in [6.07, 6.45) is 0. The molecule has 0 bridgehead atoms. The number of thiazole rings is 1. The van der Waals surface area contributed by atoms with Crippen molar-refractivity contribution in [1.29, 1.82) is 0 Å². The van der Waals surface area contributed by atoms with Crippen LogP contribution in [0.2, 0.25) is 10.0 Å². The number of methoxy groups -OCH3 is 2. The Hall–Kier alpha value is -2.87. The summed E-state index contributed by atoms with van der Waals surface area (Å²) in [5.74, 6) is -1.78. The van der Waals surface area contributed by atoms with Gasteiger partial charge >= 0.3 is 11.9 Å². The molecule has 0 fully saturated rings. The molecular weight excluding hydrogens is 507 g/mol. The highest BCUT2D eigenvalue weighted by molar-refractivity contribution is 7.10. The van der Waals surface area contributed by atoms with Gasteiger partial charge in [-0.2, -0.15) is 0 Å². The van der Waals surface area contributed by atoms with Gasteiger partial charge in [0.2, 0.25) is 0 Å². The third-order valence-corrected chi connectivity index (χ3v) is 8.08. The van der Waals surface area contributed by atoms with E-state index in [1.165, 1.54) is 25.6 Å². The predicted octanol–water partition coefficient (Wildman–Crippen LogP) is 5.75. The van der Waals surface area contributed by atoms with Crippen LogP contribution in [0.4, 0.5) is 0 Å². The number of nitrogens with one attached hydrogen (secondary N) is 1. The highest BCUT2D eigenvalue weighted by Gasteiger charge is 2.59. The first-order valence-electron chi connectivity index (χ1n) is 10.9. The van der Waals surface area contributed by atoms with Gasteiger partial charge in [0.15, 0.2) is 0 Å². The Balaban J connectivity index is 2.00. The fraction of sp³-hybridized carbons (Fsp3) is 0.269. The summed E-state index contributed by atoms with van der Waals surface area (Å²) >= 11 is 13.7. The van der Waals surface area contributed by atoms with Crippen molar-refractivity contribution in [2.75, 3.05) is 14.2 Å². The van der Waals surface area contributed by atoms with Crippen molar-refractivity contribution < 1.29 is 19.1 Å². The molecule has 0 radical (unpaired) electrons. The van der Waals surface area contributed by atoms with Gasteiger partial charge in [0.25, 0.3) is 0 Å². The van der Waals surface area contributed by atoms with Crippen molar-refractivity contribution in [3.8, 4) is 11.3 Å². The molecule has 1 aromatic heterocycles. The van der Waals surface area contributed by atoms with Crippen LogP contribution in [-0.2, 0) is 24.5 Å². The quantitative estimate of drug-likeness (QED) is 0.423. The Bertz CT molecular complexity index is 1310. The number of aromatic nitrogens is 1. The van der Waals surface area contributed by atoms with Crippen LogP contribution in [0.5, 0.6) is 0 Å². The lowest BCUT2D eigenvalue weighted by atomic mass is 9.61. The molecule has 2 aromatic carbocycles. The second kappa shape index (κ2) is 10.0. The number of halogens is 2. The molecule has 4 rings (SSSR count). The number of esters is 2. The minimum atomic E-state index is -1.29. The number of allylic oxidation sites excluding steroid dienone is 1. The van der Waals surface area contributed by atoms with E-state index in [-0.39, 0.29) is 0 Å². The summed E-state index contributed by atoms with van der Waals surface area (Å²) in [5.41, 5.74) is 1.80. The summed E-state index contributed by atoms with van der Waals surface area (Å²) in [7, 11) is 2.67. The largest absolute Gasteiger partial charge is 0.468 e. The summed E-state index contributed by atoms with van der Waals surface area (Å²) in [5, 5.41) is 6.63. The van der Waals surface area contributed by atoms with Gasteiger partial charge in [0.05, 0.1) is 41.4 Å². The number of ether oxygens (including phenoxy) is 2. The maximum absolute atomic E-state index is 13.7. The smallest absolute Gasteiger partial charge is 0.336 e. The lowest BCUT2D eigenvalue weighted by Gasteiger charge is -2.47. The first kappa shape index (κ1) is 25.2. The van der Waals surface area contributed by atoms with E-state index in [1.54, 1.807) is 19.1 Å². The first-order chi connectivity index (χ1) is 16.7. The van der Waals surface area contributed by atoms with Crippen molar-refractivity contribution in [2.45, 2.75) is 31.2 Å². The Labute approximate surface area is 217 Å². The van der Waals surface area contributed by atoms with Crippen molar-refractivity contribution >= 4 is 46.5 Å². The molecule has 1 aliphatic rings. The van der Waals surface area contributed by atoms with Gasteiger partial charge < -0.3 is 14.8 Å². The van der Waals surface area contributed by atoms with Gasteiger partial charge in [-0.3, -0.25) is 4.79 Å². The van der Waals surface area contributed by atoms with E-state index in [9.17, 15) is 9.59 Å². The van der Waals surface area contributed by atoms with Crippen LogP contribution in [0, 0.1) is 0 Å². The van der Waals surface area contributed by atoms with Gasteiger partial charge in [-0.05, 0) is 31.5 Å². The summed E-state index contributed by atoms with van der Waals surface area (Å²) in [6.45, 7) is 3.71. The van der Waals surface area contributed by atoms with Crippen LogP contribution in [0.15, 0.2) is 65.2 Å². The minimum absolute atomic E-state index is 0.329. The first-order valence-corrected chi connectivity index (χ1v) is 12.5. The zero-order chi connectivity index (χ0) is 25.3. The maximum Gasteiger partial charge on any atom is 0.336 e. The van der Waals surface area contributed by atoms with E-state index in [1.807, 2.05) is 48.7 Å². The number of rotatable bonds is 5. The highest BCUT2D eigenvalue weighted by Crippen LogP contribution is 2.51. The molecule has 0 saturated heterocycles. The third-order valence-electron chi connectivity index (χ3n) is 6.43. The van der Waals surface area contributed by atoms with E-state index < -0.39 is 29.3 Å². The molecule has 6 nitrogen and oxygen atoms in total. The number of hydrogen-bond acceptors (Lipinski definition) is 7. The van der Waals surface area contributed by atoms with Crippen LogP contribution in [0.3, 0.4) is 0 Å². The lowest BCUT2D eigenvalue weighted by Crippen LogP contribution is -2.60. The summed E-state index contributed by atoms with van der Waals surface area (Å²) in [6, 6.07) is 14.2. The van der Waals surface area contributed by atoms with Crippen molar-refractivity contribution in [3.05, 3.63) is 85.8 Å². The van der Waals surface area contributed by atoms with E-state index in [4.69, 9.17) is 37.7 Å². The van der Waals surface area contributed by atoms with Gasteiger partial charge in [0.1, 0.15) is 10.4 Å². The molecule has 9 heteroatoms. The second-order valence-electron chi connectivity index (χ2n) is 8.26. The average Bonchev–Trinajstić information content (AvgIpc) is 3.35. The Morgan fingerprint density at radius 3 is 2.40 bits per heavy atom. The molecule has 0 amide bonds. The molecule has 1 aliphatic heterocycles. The van der Waals surface area contributed by atoms with Gasteiger partial charge in [0, 0.05) is 22.7 Å². The fourth-order valence-electron chi connectivity index (χ4n) is 4.83. The normalized spacial score (nSPS) is 21.9. The van der Waals surface area contributed by atoms with Gasteiger partial charge in [-0.1, -0.05) is 59.6 Å². The maximum atomic E-state index is 13.7. The molecule has 3 atom stereocenters. The number of benzene rings is 2. The van der Waals surface area contributed by atoms with E-state index in [0.29, 0.717) is 37.6 Å². The molecule has 0 saturated carbocycles. The van der Waals surface area contributed by atoms with Gasteiger partial charge in [-0.15, -0.1) is 11.3 Å². The molecule has 2 heterocycles. The predicted molar refractivity (Wildman–Crippen MR) is 138 cm³/mol. The molecule has 3 aromatic rings. The monoisotopic (exact) mass is 530 g/mol. The SMILES string of the molecule is COC(=O)C1=C(C)NC(C)C(C(=O)OC)(c2ccccc2)C1c1nc(-c2ccc(Cl)c(Cl)c2)cs1. The molecule has 3 unspecified atom stereocenters. The number of nitrogens with zero attached hydrogens (tertiary/aromatic N) is 1. The summed E-state index contributed by atoms with van der Waals surface area (Å²) in [4.78, 5) is 31.7. The third kappa shape index (κ3) is 4.22. The fourth-order valence-corrected chi connectivity index (χ4v) is 6.14. The molecule has 35 heavy (non-hydrogen) atoms. The van der Waals surface area contributed by atoms with Crippen molar-refractivity contribution in [1.82, 2.24) is 10.3 Å². The molecule has 0 spiro atoms. The minimum Gasteiger partial charge on any atom is -0.468 e. The van der Waals surface area contributed by atoms with E-state index in [0.717, 1.165) is 5.56 Å². The molecule has 0 aliphatic carbocycles. The van der Waals surface area contributed by atoms with Crippen molar-refractivity contribution in [3.63, 3.8) is 0 Å². The average molecular weight is 531 g/mol. The van der Waals surface area contributed by atoms with E-state index in [2.05, 4.69) is 5.32 Å². The van der Waals surface area contributed by atoms with Crippen LogP contribution >= 0.6 is 34.5 Å². The Kier molecular flexibility index (Phi) is 7.22. The van der Waals surface area contributed by atoms with Crippen LogP contribution in [0.1, 0.15) is 30.3 Å². The Morgan fingerprint density at radius 2 is 1.77 bits per heavy atom. The number of carbonyl (C=O) groups is 2. The van der Waals surface area contributed by atoms with Gasteiger partial charge in [-0.25, -0.2) is 9.78 Å². The molecule has 1 N–H and O–H groups in total. The lowest BCUT2D eigenvalue weighted by molar-refractivity contribution is -0.150. The zero-order valence-corrected chi connectivity index (χ0v) is 21.9. The van der Waals surface area contributed by atoms with Crippen LogP contribution in [-0.4, -0.2) is 37.2 Å². The standard InChI is InChI=1S/C26H24Cl2N2O4S/c1-14-21(24(31)33-3)22(23-30-20(13-35-23)16-10-11-18(27)19(28)12-16)26(15(2)29-14,25(32)34-4)17-8-6-5-7-9-17/h5-13,15,22,29H,1-4H3. The molecular formula is C26H24Cl2N2O4S. The Morgan fingerprint density at radius 1 is 1.06 bits per heavy atom. The summed E-state index contributed by atoms with van der Waals surface area (Å²) < 4.78 is 10.5. The number of hydrogen-bond donors (Lipinski definition) is 1. The van der Waals surface area contributed by atoms with Crippen LogP contribution in [0.25, 0.3) is 11.3 Å². The van der Waals surface area contributed by atoms with Crippen LogP contribution < -0.4 is 5.32 Å². The van der Waals surface area contributed by atoms with E-state index >= 15 is 0 Å². The second-order valence-corrected chi connectivity index (χ2v) is 9.96. The zero-order valence-electron chi connectivity index (χ0n) is 19.6. The van der Waals surface area contributed by atoms with Crippen molar-refractivity contribution in [2.24, 2.45) is 0 Å². The molecule has 182 valence electrons. The highest BCUT2D eigenvalue weighted by atomic mass is 35.5. The number of carbonyl (C=O) groups excluding carboxylic acids is 2.